The van der Waals surface area contributed by atoms with E-state index in [0.717, 1.165) is 25.3 Å². The normalized spacial score (nSPS) is 16.2. The zero-order valence-electron chi connectivity index (χ0n) is 13.1. The van der Waals surface area contributed by atoms with E-state index >= 15 is 0 Å². The summed E-state index contributed by atoms with van der Waals surface area (Å²) in [6.45, 7) is 0. The maximum Gasteiger partial charge on any atom is 0.311 e. The van der Waals surface area contributed by atoms with E-state index in [0.29, 0.717) is 18.9 Å². The molecule has 0 atom stereocenters. The first kappa shape index (κ1) is 19.1. The summed E-state index contributed by atoms with van der Waals surface area (Å²) in [5.41, 5.74) is -2.03. The van der Waals surface area contributed by atoms with Crippen LogP contribution in [0.1, 0.15) is 49.1 Å². The molecule has 0 aromatic heterocycles. The molecule has 0 spiro atoms. The number of nitro groups is 2. The fourth-order valence-corrected chi connectivity index (χ4v) is 3.21. The molecule has 1 aliphatic rings. The van der Waals surface area contributed by atoms with Crippen molar-refractivity contribution in [3.63, 3.8) is 0 Å². The van der Waals surface area contributed by atoms with E-state index in [2.05, 4.69) is 0 Å². The highest BCUT2D eigenvalue weighted by molar-refractivity contribution is 5.55. The second kappa shape index (κ2) is 7.32. The van der Waals surface area contributed by atoms with Gasteiger partial charge in [-0.15, -0.1) is 0 Å². The van der Waals surface area contributed by atoms with E-state index < -0.39 is 51.5 Å². The first-order valence-electron chi connectivity index (χ1n) is 7.75. The van der Waals surface area contributed by atoms with Gasteiger partial charge in [0.2, 0.25) is 0 Å². The van der Waals surface area contributed by atoms with Crippen LogP contribution in [0.4, 0.5) is 28.9 Å². The largest absolute Gasteiger partial charge is 0.311 e. The van der Waals surface area contributed by atoms with Crippen LogP contribution in [0, 0.1) is 20.2 Å². The number of halogens is 4. The van der Waals surface area contributed by atoms with Crippen molar-refractivity contribution < 1.29 is 27.4 Å². The van der Waals surface area contributed by atoms with Crippen molar-refractivity contribution in [3.8, 4) is 0 Å². The van der Waals surface area contributed by atoms with E-state index in [1.807, 2.05) is 0 Å². The molecule has 2 rings (SSSR count). The molecule has 25 heavy (non-hydrogen) atoms. The van der Waals surface area contributed by atoms with Crippen LogP contribution >= 0.6 is 0 Å². The van der Waals surface area contributed by atoms with Gasteiger partial charge in [0.15, 0.2) is 0 Å². The molecule has 1 fully saturated rings. The smallest absolute Gasteiger partial charge is 0.258 e. The van der Waals surface area contributed by atoms with Gasteiger partial charge in [0, 0.05) is 18.1 Å². The molecule has 1 saturated carbocycles. The van der Waals surface area contributed by atoms with Crippen LogP contribution in [0.25, 0.3) is 0 Å². The Morgan fingerprint density at radius 3 is 2.16 bits per heavy atom. The van der Waals surface area contributed by atoms with Gasteiger partial charge >= 0.3 is 12.3 Å². The van der Waals surface area contributed by atoms with Crippen LogP contribution in [0.5, 0.6) is 0 Å². The van der Waals surface area contributed by atoms with Gasteiger partial charge in [0.1, 0.15) is 0 Å². The number of rotatable bonds is 6. The molecule has 0 saturated heterocycles. The van der Waals surface area contributed by atoms with E-state index in [9.17, 15) is 37.8 Å². The number of alkyl halides is 4. The van der Waals surface area contributed by atoms with Crippen molar-refractivity contribution in [2.24, 2.45) is 0 Å². The second-order valence-corrected chi connectivity index (χ2v) is 6.12. The summed E-state index contributed by atoms with van der Waals surface area (Å²) in [6, 6.07) is 1.57. The Kier molecular flexibility index (Phi) is 5.58. The summed E-state index contributed by atoms with van der Waals surface area (Å²) in [5.74, 6) is -4.85. The third kappa shape index (κ3) is 4.23. The van der Waals surface area contributed by atoms with Gasteiger partial charge in [-0.2, -0.15) is 8.78 Å². The average Bonchev–Trinajstić information content (AvgIpc) is 2.54. The maximum atomic E-state index is 13.6. The van der Waals surface area contributed by atoms with E-state index in [-0.39, 0.29) is 5.56 Å². The van der Waals surface area contributed by atoms with Crippen molar-refractivity contribution in [1.29, 1.82) is 0 Å². The molecule has 1 aromatic rings. The summed E-state index contributed by atoms with van der Waals surface area (Å²) in [4.78, 5) is 20.4. The van der Waals surface area contributed by atoms with Gasteiger partial charge in [0.25, 0.3) is 11.4 Å². The third-order valence-corrected chi connectivity index (χ3v) is 4.43. The van der Waals surface area contributed by atoms with Crippen LogP contribution in [-0.2, 0) is 6.42 Å². The lowest BCUT2D eigenvalue weighted by Gasteiger charge is -2.25. The third-order valence-electron chi connectivity index (χ3n) is 4.43. The minimum atomic E-state index is -4.45. The second-order valence-electron chi connectivity index (χ2n) is 6.12. The van der Waals surface area contributed by atoms with Crippen molar-refractivity contribution in [2.75, 3.05) is 0 Å². The molecule has 0 radical (unpaired) electrons. The van der Waals surface area contributed by atoms with Crippen LogP contribution in [0.3, 0.4) is 0 Å². The van der Waals surface area contributed by atoms with E-state index in [4.69, 9.17) is 0 Å². The number of non-ortho nitro benzene ring substituents is 1. The van der Waals surface area contributed by atoms with Gasteiger partial charge < -0.3 is 0 Å². The number of nitro benzene ring substituents is 2. The quantitative estimate of drug-likeness (QED) is 0.404. The molecule has 1 aromatic carbocycles. The van der Waals surface area contributed by atoms with Crippen LogP contribution < -0.4 is 0 Å². The Balaban J connectivity index is 2.62. The van der Waals surface area contributed by atoms with Crippen LogP contribution in [0.2, 0.25) is 0 Å². The van der Waals surface area contributed by atoms with E-state index in [1.54, 1.807) is 0 Å². The van der Waals surface area contributed by atoms with Gasteiger partial charge in [-0.25, -0.2) is 8.78 Å². The lowest BCUT2D eigenvalue weighted by atomic mass is 9.80. The zero-order valence-corrected chi connectivity index (χ0v) is 13.1. The van der Waals surface area contributed by atoms with Crippen molar-refractivity contribution in [2.45, 2.75) is 56.8 Å². The number of hydrogen-bond donors (Lipinski definition) is 0. The molecule has 0 bridgehead atoms. The fourth-order valence-electron chi connectivity index (χ4n) is 3.21. The van der Waals surface area contributed by atoms with Crippen LogP contribution in [0.15, 0.2) is 12.1 Å². The molecule has 0 amide bonds. The molecule has 138 valence electrons. The summed E-state index contributed by atoms with van der Waals surface area (Å²) >= 11 is 0. The Hall–Kier alpha value is -2.26. The molecular weight excluding hydrogens is 348 g/mol. The van der Waals surface area contributed by atoms with Gasteiger partial charge in [-0.3, -0.25) is 20.2 Å². The van der Waals surface area contributed by atoms with Crippen molar-refractivity contribution >= 4 is 11.4 Å². The first-order valence-corrected chi connectivity index (χ1v) is 7.75. The highest BCUT2D eigenvalue weighted by Gasteiger charge is 2.44. The average molecular weight is 364 g/mol. The Bertz CT molecular complexity index is 676. The Morgan fingerprint density at radius 1 is 1.08 bits per heavy atom. The summed E-state index contributed by atoms with van der Waals surface area (Å²) in [5, 5.41) is 22.3. The highest BCUT2D eigenvalue weighted by Crippen LogP contribution is 2.42. The molecule has 10 heteroatoms. The molecule has 0 aliphatic heterocycles. The summed E-state index contributed by atoms with van der Waals surface area (Å²) in [6.07, 6.45) is -2.09. The SMILES string of the molecule is O=[N+]([O-])c1cc(C2CCCCC2)c(CC(F)(F)C(F)F)c([N+](=O)[O-])c1. The molecule has 0 N–H and O–H groups in total. The Morgan fingerprint density at radius 2 is 1.68 bits per heavy atom. The lowest BCUT2D eigenvalue weighted by Crippen LogP contribution is -2.30. The maximum absolute atomic E-state index is 13.6. The van der Waals surface area contributed by atoms with Gasteiger partial charge in [-0.1, -0.05) is 19.3 Å². The number of benzene rings is 1. The minimum absolute atomic E-state index is 0.0147. The predicted molar refractivity (Wildman–Crippen MR) is 80.2 cm³/mol. The topological polar surface area (TPSA) is 86.3 Å². The predicted octanol–water partition coefficient (Wildman–Crippen LogP) is 4.99. The van der Waals surface area contributed by atoms with Gasteiger partial charge in [0.05, 0.1) is 15.9 Å². The number of nitrogens with zero attached hydrogens (tertiary/aromatic N) is 2. The standard InChI is InChI=1S/C15H16F4N2O4/c16-14(17)15(18,19)8-12-11(9-4-2-1-3-5-9)6-10(20(22)23)7-13(12)21(24)25/h6-7,9,14H,1-5,8H2. The van der Waals surface area contributed by atoms with Crippen molar-refractivity contribution in [3.05, 3.63) is 43.5 Å². The summed E-state index contributed by atoms with van der Waals surface area (Å²) in [7, 11) is 0. The molecular formula is C15H16F4N2O4. The lowest BCUT2D eigenvalue weighted by molar-refractivity contribution is -0.394. The molecule has 1 aliphatic carbocycles. The monoisotopic (exact) mass is 364 g/mol. The highest BCUT2D eigenvalue weighted by atomic mass is 19.3. The first-order chi connectivity index (χ1) is 11.6. The molecule has 0 heterocycles. The molecule has 6 nitrogen and oxygen atoms in total. The summed E-state index contributed by atoms with van der Waals surface area (Å²) < 4.78 is 52.3. The zero-order chi connectivity index (χ0) is 18.8. The minimum Gasteiger partial charge on any atom is -0.258 e. The molecule has 0 unspecified atom stereocenters. The fraction of sp³-hybridized carbons (Fsp3) is 0.600. The van der Waals surface area contributed by atoms with Crippen LogP contribution in [-0.4, -0.2) is 22.2 Å². The van der Waals surface area contributed by atoms with Crippen molar-refractivity contribution in [1.82, 2.24) is 0 Å². The van der Waals surface area contributed by atoms with E-state index in [1.165, 1.54) is 0 Å². The Labute approximate surface area is 140 Å². The van der Waals surface area contributed by atoms with Gasteiger partial charge in [-0.05, 0) is 24.3 Å². The number of hydrogen-bond acceptors (Lipinski definition) is 4.